The summed E-state index contributed by atoms with van der Waals surface area (Å²) in [5.74, 6) is 2.75. The van der Waals surface area contributed by atoms with Gasteiger partial charge in [0.05, 0.1) is 26.9 Å². The van der Waals surface area contributed by atoms with Crippen LogP contribution in [0, 0.1) is 0 Å². The van der Waals surface area contributed by atoms with Gasteiger partial charge in [-0.1, -0.05) is 18.2 Å². The Hall–Kier alpha value is -2.07. The zero-order valence-corrected chi connectivity index (χ0v) is 20.3. The number of aliphatic imine (C=N–C) groups is 1. The van der Waals surface area contributed by atoms with Gasteiger partial charge in [0.2, 0.25) is 0 Å². The SMILES string of the molecule is CCNC(=NCc1cccnc1N1CCOCC1)N(C)Cc1ccc(OC)cc1.I. The second-order valence-electron chi connectivity index (χ2n) is 6.96. The molecule has 1 aliphatic heterocycles. The van der Waals surface area contributed by atoms with Gasteiger partial charge in [0.25, 0.3) is 0 Å². The molecular weight excluding hydrogens is 493 g/mol. The van der Waals surface area contributed by atoms with Crippen molar-refractivity contribution in [2.75, 3.05) is 51.9 Å². The van der Waals surface area contributed by atoms with Crippen LogP contribution in [0.3, 0.4) is 0 Å². The smallest absolute Gasteiger partial charge is 0.194 e. The zero-order chi connectivity index (χ0) is 20.5. The molecule has 8 heteroatoms. The molecule has 2 aromatic rings. The van der Waals surface area contributed by atoms with Gasteiger partial charge >= 0.3 is 0 Å². The summed E-state index contributed by atoms with van der Waals surface area (Å²) in [5, 5.41) is 3.39. The Kier molecular flexibility index (Phi) is 10.2. The first kappa shape index (κ1) is 24.2. The first-order valence-corrected chi connectivity index (χ1v) is 10.1. The number of guanidine groups is 1. The maximum atomic E-state index is 5.47. The molecule has 0 radical (unpaired) electrons. The lowest BCUT2D eigenvalue weighted by molar-refractivity contribution is 0.122. The summed E-state index contributed by atoms with van der Waals surface area (Å²) >= 11 is 0. The highest BCUT2D eigenvalue weighted by Crippen LogP contribution is 2.19. The lowest BCUT2D eigenvalue weighted by atomic mass is 10.2. The molecule has 30 heavy (non-hydrogen) atoms. The third-order valence-corrected chi connectivity index (χ3v) is 4.85. The van der Waals surface area contributed by atoms with E-state index >= 15 is 0 Å². The topological polar surface area (TPSA) is 62.2 Å². The molecule has 0 unspecified atom stereocenters. The average molecular weight is 525 g/mol. The molecule has 0 bridgehead atoms. The molecule has 2 heterocycles. The predicted octanol–water partition coefficient (Wildman–Crippen LogP) is 3.14. The van der Waals surface area contributed by atoms with Crippen LogP contribution in [0.25, 0.3) is 0 Å². The van der Waals surface area contributed by atoms with Crippen LogP contribution in [0.15, 0.2) is 47.6 Å². The number of anilines is 1. The monoisotopic (exact) mass is 525 g/mol. The van der Waals surface area contributed by atoms with Crippen molar-refractivity contribution in [3.8, 4) is 5.75 Å². The molecule has 0 aliphatic carbocycles. The molecule has 0 atom stereocenters. The summed E-state index contributed by atoms with van der Waals surface area (Å²) in [6.07, 6.45) is 1.85. The molecule has 1 aliphatic rings. The van der Waals surface area contributed by atoms with Gasteiger partial charge in [0, 0.05) is 45.0 Å². The van der Waals surface area contributed by atoms with Crippen molar-refractivity contribution in [2.24, 2.45) is 4.99 Å². The predicted molar refractivity (Wildman–Crippen MR) is 132 cm³/mol. The first-order chi connectivity index (χ1) is 14.2. The van der Waals surface area contributed by atoms with Crippen LogP contribution in [0.1, 0.15) is 18.1 Å². The molecule has 0 amide bonds. The molecule has 1 aromatic carbocycles. The first-order valence-electron chi connectivity index (χ1n) is 10.1. The lowest BCUT2D eigenvalue weighted by Crippen LogP contribution is -2.39. The lowest BCUT2D eigenvalue weighted by Gasteiger charge is -2.29. The molecule has 0 spiro atoms. The number of nitrogens with one attached hydrogen (secondary N) is 1. The summed E-state index contributed by atoms with van der Waals surface area (Å²) in [7, 11) is 3.73. The fourth-order valence-corrected chi connectivity index (χ4v) is 3.32. The van der Waals surface area contributed by atoms with Gasteiger partial charge in [-0.25, -0.2) is 9.98 Å². The van der Waals surface area contributed by atoms with E-state index in [0.717, 1.165) is 62.5 Å². The molecule has 1 fully saturated rings. The summed E-state index contributed by atoms with van der Waals surface area (Å²) in [6, 6.07) is 12.2. The van der Waals surface area contributed by atoms with E-state index in [4.69, 9.17) is 14.5 Å². The van der Waals surface area contributed by atoms with Gasteiger partial charge in [0.1, 0.15) is 11.6 Å². The average Bonchev–Trinajstić information content (AvgIpc) is 2.78. The van der Waals surface area contributed by atoms with Gasteiger partial charge < -0.3 is 24.6 Å². The number of ether oxygens (including phenoxy) is 2. The van der Waals surface area contributed by atoms with E-state index in [-0.39, 0.29) is 24.0 Å². The Bertz CT molecular complexity index is 794. The third-order valence-electron chi connectivity index (χ3n) is 4.85. The molecule has 7 nitrogen and oxygen atoms in total. The third kappa shape index (κ3) is 6.73. The van der Waals surface area contributed by atoms with Gasteiger partial charge in [-0.2, -0.15) is 0 Å². The Morgan fingerprint density at radius 2 is 1.97 bits per heavy atom. The van der Waals surface area contributed by atoms with Crippen LogP contribution in [0.2, 0.25) is 0 Å². The summed E-state index contributed by atoms with van der Waals surface area (Å²) in [6.45, 7) is 7.46. The molecular formula is C22H32IN5O2. The molecule has 164 valence electrons. The second kappa shape index (κ2) is 12.6. The quantitative estimate of drug-likeness (QED) is 0.341. The Morgan fingerprint density at radius 3 is 2.63 bits per heavy atom. The van der Waals surface area contributed by atoms with Gasteiger partial charge in [0.15, 0.2) is 5.96 Å². The van der Waals surface area contributed by atoms with Crippen LogP contribution in [0.5, 0.6) is 5.75 Å². The van der Waals surface area contributed by atoms with Crippen molar-refractivity contribution in [3.05, 3.63) is 53.7 Å². The highest BCUT2D eigenvalue weighted by atomic mass is 127. The number of nitrogens with zero attached hydrogens (tertiary/aromatic N) is 4. The fourth-order valence-electron chi connectivity index (χ4n) is 3.32. The Labute approximate surface area is 196 Å². The number of pyridine rings is 1. The van der Waals surface area contributed by atoms with Crippen molar-refractivity contribution >= 4 is 35.8 Å². The minimum Gasteiger partial charge on any atom is -0.497 e. The van der Waals surface area contributed by atoms with E-state index in [1.54, 1.807) is 7.11 Å². The normalized spacial score (nSPS) is 14.1. The highest BCUT2D eigenvalue weighted by molar-refractivity contribution is 14.0. The number of aromatic nitrogens is 1. The number of hydrogen-bond acceptors (Lipinski definition) is 5. The van der Waals surface area contributed by atoms with Crippen molar-refractivity contribution in [1.29, 1.82) is 0 Å². The van der Waals surface area contributed by atoms with Crippen LogP contribution < -0.4 is 15.0 Å². The number of halogens is 1. The minimum atomic E-state index is 0. The van der Waals surface area contributed by atoms with Crippen LogP contribution in [-0.4, -0.2) is 62.8 Å². The molecule has 1 saturated heterocycles. The molecule has 3 rings (SSSR count). The van der Waals surface area contributed by atoms with Crippen LogP contribution >= 0.6 is 24.0 Å². The van der Waals surface area contributed by atoms with E-state index in [2.05, 4.69) is 52.3 Å². The van der Waals surface area contributed by atoms with Crippen molar-refractivity contribution in [1.82, 2.24) is 15.2 Å². The summed E-state index contributed by atoms with van der Waals surface area (Å²) in [4.78, 5) is 13.9. The second-order valence-corrected chi connectivity index (χ2v) is 6.96. The Morgan fingerprint density at radius 1 is 1.23 bits per heavy atom. The van der Waals surface area contributed by atoms with Gasteiger partial charge in [-0.3, -0.25) is 0 Å². The van der Waals surface area contributed by atoms with Crippen LogP contribution in [-0.2, 0) is 17.8 Å². The molecule has 0 saturated carbocycles. The number of morpholine rings is 1. The summed E-state index contributed by atoms with van der Waals surface area (Å²) in [5.41, 5.74) is 2.33. The summed E-state index contributed by atoms with van der Waals surface area (Å²) < 4.78 is 10.7. The number of hydrogen-bond donors (Lipinski definition) is 1. The number of rotatable bonds is 7. The number of benzene rings is 1. The minimum absolute atomic E-state index is 0. The zero-order valence-electron chi connectivity index (χ0n) is 18.0. The maximum absolute atomic E-state index is 5.47. The number of methoxy groups -OCH3 is 1. The van der Waals surface area contributed by atoms with E-state index < -0.39 is 0 Å². The van der Waals surface area contributed by atoms with Gasteiger partial charge in [-0.05, 0) is 30.7 Å². The van der Waals surface area contributed by atoms with E-state index in [9.17, 15) is 0 Å². The molecule has 1 aromatic heterocycles. The largest absolute Gasteiger partial charge is 0.497 e. The van der Waals surface area contributed by atoms with Crippen molar-refractivity contribution in [2.45, 2.75) is 20.0 Å². The van der Waals surface area contributed by atoms with Crippen molar-refractivity contribution in [3.63, 3.8) is 0 Å². The van der Waals surface area contributed by atoms with E-state index in [1.165, 1.54) is 5.56 Å². The fraction of sp³-hybridized carbons (Fsp3) is 0.455. The molecule has 1 N–H and O–H groups in total. The Balaban J connectivity index is 0.00000320. The standard InChI is InChI=1S/C22H31N5O2.HI/c1-4-23-22(26(2)17-18-7-9-20(28-3)10-8-18)25-16-19-6-5-11-24-21(19)27-12-14-29-15-13-27;/h5-11H,4,12-17H2,1-3H3,(H,23,25);1H. The van der Waals surface area contributed by atoms with Crippen molar-refractivity contribution < 1.29 is 9.47 Å². The van der Waals surface area contributed by atoms with E-state index in [0.29, 0.717) is 6.54 Å². The maximum Gasteiger partial charge on any atom is 0.194 e. The van der Waals surface area contributed by atoms with Crippen LogP contribution in [0.4, 0.5) is 5.82 Å². The highest BCUT2D eigenvalue weighted by Gasteiger charge is 2.16. The van der Waals surface area contributed by atoms with E-state index in [1.807, 2.05) is 24.4 Å². The van der Waals surface area contributed by atoms with Gasteiger partial charge in [-0.15, -0.1) is 24.0 Å².